The highest BCUT2D eigenvalue weighted by molar-refractivity contribution is 7.85. The summed E-state index contributed by atoms with van der Waals surface area (Å²) in [7, 11) is 0.328. The fourth-order valence-electron chi connectivity index (χ4n) is 1.03. The van der Waals surface area contributed by atoms with Crippen LogP contribution in [0.3, 0.4) is 0 Å². The van der Waals surface area contributed by atoms with E-state index in [1.807, 2.05) is 6.92 Å². The van der Waals surface area contributed by atoms with Crippen molar-refractivity contribution in [3.8, 4) is 0 Å². The van der Waals surface area contributed by atoms with Crippen LogP contribution in [0.1, 0.15) is 19.8 Å². The fourth-order valence-corrected chi connectivity index (χ4v) is 1.32. The molecule has 0 amide bonds. The van der Waals surface area contributed by atoms with Gasteiger partial charge in [-0.3, -0.25) is 4.55 Å². The molecule has 1 unspecified atom stereocenters. The molecular weight excluding hydrogens is 254 g/mol. The second-order valence-electron chi connectivity index (χ2n) is 4.07. The van der Waals surface area contributed by atoms with Crippen molar-refractivity contribution in [2.75, 3.05) is 26.4 Å². The van der Waals surface area contributed by atoms with Gasteiger partial charge in [0.05, 0.1) is 17.8 Å². The van der Waals surface area contributed by atoms with E-state index in [2.05, 4.69) is 36.6 Å². The van der Waals surface area contributed by atoms with Crippen molar-refractivity contribution >= 4 is 16.1 Å². The standard InChI is InChI=1S/C8H17N3.C3H6O3S/c1-8(10-7-9)5-4-6-11(2)3;1-2-3-7(4,5)6/h8-9H,4-6H2,1-3H3;2H,1,3H2,(H,4,5,6). The lowest BCUT2D eigenvalue weighted by Crippen LogP contribution is -2.14. The number of rotatable bonds is 7. The van der Waals surface area contributed by atoms with Crippen LogP contribution in [-0.4, -0.2) is 56.3 Å². The summed E-state index contributed by atoms with van der Waals surface area (Å²) < 4.78 is 27.3. The maximum Gasteiger partial charge on any atom is 0.268 e. The van der Waals surface area contributed by atoms with Crippen molar-refractivity contribution in [1.82, 2.24) is 4.90 Å². The molecule has 0 aliphatic heterocycles. The highest BCUT2D eigenvalue weighted by Gasteiger charge is 1.98. The Hall–Kier alpha value is -1.01. The fraction of sp³-hybridized carbons (Fsp3) is 0.727. The van der Waals surface area contributed by atoms with Crippen molar-refractivity contribution < 1.29 is 13.0 Å². The van der Waals surface area contributed by atoms with E-state index in [-0.39, 0.29) is 11.8 Å². The number of hydrogen-bond acceptors (Lipinski definition) is 5. The summed E-state index contributed by atoms with van der Waals surface area (Å²) in [5.74, 6) is -0.368. The average Bonchev–Trinajstić information content (AvgIpc) is 2.16. The van der Waals surface area contributed by atoms with Crippen LogP contribution in [0.2, 0.25) is 0 Å². The first-order valence-corrected chi connectivity index (χ1v) is 7.16. The second kappa shape index (κ2) is 11.1. The van der Waals surface area contributed by atoms with Crippen molar-refractivity contribution in [2.45, 2.75) is 25.8 Å². The molecule has 0 bridgehead atoms. The Bertz CT molecular complexity index is 360. The zero-order valence-corrected chi connectivity index (χ0v) is 12.1. The maximum atomic E-state index is 9.72. The minimum absolute atomic E-state index is 0.257. The van der Waals surface area contributed by atoms with E-state index in [4.69, 9.17) is 9.96 Å². The van der Waals surface area contributed by atoms with Crippen LogP contribution >= 0.6 is 0 Å². The predicted molar refractivity (Wildman–Crippen MR) is 74.0 cm³/mol. The number of nitrogens with one attached hydrogen (secondary N) is 1. The molecule has 0 radical (unpaired) electrons. The summed E-state index contributed by atoms with van der Waals surface area (Å²) in [5, 5.41) is 6.63. The van der Waals surface area contributed by atoms with Gasteiger partial charge in [0, 0.05) is 0 Å². The van der Waals surface area contributed by atoms with Gasteiger partial charge in [-0.2, -0.15) is 8.42 Å². The van der Waals surface area contributed by atoms with E-state index < -0.39 is 10.1 Å². The molecular formula is C11H23N3O3S. The molecule has 106 valence electrons. The molecule has 0 rings (SSSR count). The smallest absolute Gasteiger partial charge is 0.268 e. The van der Waals surface area contributed by atoms with Crippen LogP contribution in [0.4, 0.5) is 0 Å². The predicted octanol–water partition coefficient (Wildman–Crippen LogP) is 1.53. The summed E-state index contributed by atoms with van der Waals surface area (Å²) >= 11 is 0. The van der Waals surface area contributed by atoms with Gasteiger partial charge < -0.3 is 4.90 Å². The lowest BCUT2D eigenvalue weighted by molar-refractivity contribution is 0.388. The molecule has 1 atom stereocenters. The van der Waals surface area contributed by atoms with Crippen LogP contribution in [-0.2, 0) is 10.1 Å². The molecule has 0 heterocycles. The first-order chi connectivity index (χ1) is 8.22. The number of hydrogen-bond donors (Lipinski definition) is 2. The molecule has 0 saturated carbocycles. The largest absolute Gasteiger partial charge is 0.309 e. The third kappa shape index (κ3) is 20.4. The van der Waals surface area contributed by atoms with Crippen LogP contribution in [0.25, 0.3) is 0 Å². The van der Waals surface area contributed by atoms with Gasteiger partial charge in [0.2, 0.25) is 0 Å². The van der Waals surface area contributed by atoms with E-state index in [0.29, 0.717) is 0 Å². The molecule has 0 saturated heterocycles. The summed E-state index contributed by atoms with van der Waals surface area (Å²) in [4.78, 5) is 5.97. The number of aliphatic imine (C=N–C) groups is 1. The third-order valence-corrected chi connectivity index (χ3v) is 2.50. The second-order valence-corrected chi connectivity index (χ2v) is 5.57. The molecule has 18 heavy (non-hydrogen) atoms. The van der Waals surface area contributed by atoms with Crippen LogP contribution in [0.15, 0.2) is 17.6 Å². The molecule has 2 N–H and O–H groups in total. The Balaban J connectivity index is 0. The minimum Gasteiger partial charge on any atom is -0.309 e. The molecule has 0 spiro atoms. The maximum absolute atomic E-state index is 9.72. The Morgan fingerprint density at radius 2 is 2.11 bits per heavy atom. The van der Waals surface area contributed by atoms with Crippen molar-refractivity contribution in [1.29, 1.82) is 5.41 Å². The van der Waals surface area contributed by atoms with Gasteiger partial charge in [-0.15, -0.1) is 6.58 Å². The van der Waals surface area contributed by atoms with Crippen molar-refractivity contribution in [3.63, 3.8) is 0 Å². The zero-order valence-electron chi connectivity index (χ0n) is 11.3. The van der Waals surface area contributed by atoms with Crippen molar-refractivity contribution in [2.24, 2.45) is 4.99 Å². The Morgan fingerprint density at radius 1 is 1.56 bits per heavy atom. The molecule has 0 aromatic heterocycles. The van der Waals surface area contributed by atoms with Gasteiger partial charge in [-0.1, -0.05) is 6.08 Å². The van der Waals surface area contributed by atoms with Crippen molar-refractivity contribution in [3.05, 3.63) is 12.7 Å². The van der Waals surface area contributed by atoms with E-state index in [1.165, 1.54) is 0 Å². The lowest BCUT2D eigenvalue weighted by atomic mass is 10.2. The van der Waals surface area contributed by atoms with Gasteiger partial charge in [-0.05, 0) is 40.4 Å². The van der Waals surface area contributed by atoms with E-state index in [1.54, 1.807) is 0 Å². The number of nitrogens with zero attached hydrogens (tertiary/aromatic N) is 2. The first kappa shape index (κ1) is 19.3. The average molecular weight is 277 g/mol. The molecule has 0 aliphatic carbocycles. The summed E-state index contributed by atoms with van der Waals surface area (Å²) in [5.41, 5.74) is 0. The third-order valence-electron chi connectivity index (χ3n) is 1.84. The summed E-state index contributed by atoms with van der Waals surface area (Å²) in [6.45, 7) is 6.21. The molecule has 6 nitrogen and oxygen atoms in total. The Morgan fingerprint density at radius 3 is 2.39 bits per heavy atom. The van der Waals surface area contributed by atoms with E-state index in [9.17, 15) is 8.42 Å². The Kier molecular flexibility index (Phi) is 11.9. The van der Waals surface area contributed by atoms with Crippen LogP contribution in [0.5, 0.6) is 0 Å². The van der Waals surface area contributed by atoms with Crippen LogP contribution < -0.4 is 0 Å². The zero-order chi connectivity index (χ0) is 14.6. The van der Waals surface area contributed by atoms with E-state index >= 15 is 0 Å². The lowest BCUT2D eigenvalue weighted by Gasteiger charge is -2.09. The van der Waals surface area contributed by atoms with Gasteiger partial charge >= 0.3 is 0 Å². The molecule has 0 aliphatic rings. The van der Waals surface area contributed by atoms with Gasteiger partial charge in [0.25, 0.3) is 10.1 Å². The summed E-state index contributed by atoms with van der Waals surface area (Å²) in [6, 6.07) is 2.32. The molecule has 7 heteroatoms. The van der Waals surface area contributed by atoms with Crippen LogP contribution in [0, 0.1) is 5.41 Å². The normalized spacial score (nSPS) is 12.1. The van der Waals surface area contributed by atoms with E-state index in [0.717, 1.165) is 25.5 Å². The minimum atomic E-state index is -3.79. The van der Waals surface area contributed by atoms with Gasteiger partial charge in [-0.25, -0.2) is 10.4 Å². The topological polar surface area (TPSA) is 93.8 Å². The monoisotopic (exact) mass is 277 g/mol. The Labute approximate surface area is 110 Å². The molecule has 0 aromatic rings. The van der Waals surface area contributed by atoms with Gasteiger partial charge in [0.15, 0.2) is 0 Å². The summed E-state index contributed by atoms with van der Waals surface area (Å²) in [6.07, 6.45) is 3.30. The molecule has 0 aromatic carbocycles. The highest BCUT2D eigenvalue weighted by Crippen LogP contribution is 1.99. The van der Waals surface area contributed by atoms with Gasteiger partial charge in [0.1, 0.15) is 0 Å². The first-order valence-electron chi connectivity index (χ1n) is 5.55. The molecule has 0 fully saturated rings. The SMILES string of the molecule is C=CCS(=O)(=O)O.CC(CCCN(C)C)N=C=N. The highest BCUT2D eigenvalue weighted by atomic mass is 32.2. The quantitative estimate of drug-likeness (QED) is 0.419.